The van der Waals surface area contributed by atoms with Crippen LogP contribution in [0.5, 0.6) is 0 Å². The van der Waals surface area contributed by atoms with Crippen LogP contribution in [0.15, 0.2) is 28.9 Å². The number of allylic oxidation sites excluding steroid dienone is 2. The maximum atomic E-state index is 11.8. The van der Waals surface area contributed by atoms with Crippen molar-refractivity contribution in [3.8, 4) is 0 Å². The Morgan fingerprint density at radius 1 is 1.47 bits per heavy atom. The molecule has 1 aliphatic carbocycles. The average Bonchev–Trinajstić information content (AvgIpc) is 2.64. The van der Waals surface area contributed by atoms with Gasteiger partial charge in [-0.2, -0.15) is 0 Å². The summed E-state index contributed by atoms with van der Waals surface area (Å²) in [6.45, 7) is 1.35. The van der Waals surface area contributed by atoms with Gasteiger partial charge in [-0.25, -0.2) is 0 Å². The molecule has 1 fully saturated rings. The minimum Gasteiger partial charge on any atom is -0.345 e. The second-order valence-corrected chi connectivity index (χ2v) is 3.83. The van der Waals surface area contributed by atoms with Crippen molar-refractivity contribution >= 4 is 11.7 Å². The number of fused-ring (bicyclic) bond motifs is 2. The molecular weight excluding hydrogens is 192 g/mol. The summed E-state index contributed by atoms with van der Waals surface area (Å²) < 4.78 is 0. The summed E-state index contributed by atoms with van der Waals surface area (Å²) >= 11 is 0. The molecule has 2 atom stereocenters. The Hall–Kier alpha value is -1.62. The number of hydrogen-bond donors (Lipinski definition) is 3. The van der Waals surface area contributed by atoms with Crippen LogP contribution in [-0.2, 0) is 4.79 Å². The third-order valence-corrected chi connectivity index (χ3v) is 2.83. The van der Waals surface area contributed by atoms with Crippen LogP contribution in [-0.4, -0.2) is 31.0 Å². The van der Waals surface area contributed by atoms with Gasteiger partial charge in [-0.05, 0) is 6.08 Å². The molecule has 0 aromatic carbocycles. The molecule has 0 saturated carbocycles. The van der Waals surface area contributed by atoms with Gasteiger partial charge in [-0.1, -0.05) is 12.2 Å². The van der Waals surface area contributed by atoms with Crippen molar-refractivity contribution in [2.24, 2.45) is 10.9 Å². The van der Waals surface area contributed by atoms with Gasteiger partial charge in [-0.15, -0.1) is 0 Å². The molecule has 78 valence electrons. The average molecular weight is 204 g/mol. The topological polar surface area (TPSA) is 65.5 Å². The zero-order valence-electron chi connectivity index (χ0n) is 8.16. The summed E-state index contributed by atoms with van der Waals surface area (Å²) in [5.74, 6) is 0.735. The van der Waals surface area contributed by atoms with Gasteiger partial charge in [0, 0.05) is 12.2 Å². The lowest BCUT2D eigenvalue weighted by atomic mass is 10.1. The van der Waals surface area contributed by atoms with Gasteiger partial charge in [0.05, 0.1) is 18.6 Å². The molecule has 3 N–H and O–H groups in total. The standard InChI is InChI=1S/C10H12N4O/c15-10-6-2-1-3-7(6)13-9-8(14-10)4-11-5-12-9/h1-3,6,8,11H,4-5H2,(H,12,13)(H,14,15). The number of amidine groups is 1. The van der Waals surface area contributed by atoms with E-state index >= 15 is 0 Å². The molecule has 2 aliphatic heterocycles. The number of carbonyl (C=O) groups excluding carboxylic acids is 1. The van der Waals surface area contributed by atoms with Crippen LogP contribution in [0.1, 0.15) is 0 Å². The molecule has 2 unspecified atom stereocenters. The SMILES string of the molecule is O=C1NC2CNCN=C2NC2=CC=CC12. The Labute approximate surface area is 87.3 Å². The molecule has 5 nitrogen and oxygen atoms in total. The lowest BCUT2D eigenvalue weighted by Crippen LogP contribution is -2.52. The first-order valence-corrected chi connectivity index (χ1v) is 5.05. The summed E-state index contributed by atoms with van der Waals surface area (Å²) in [4.78, 5) is 16.1. The van der Waals surface area contributed by atoms with Crippen LogP contribution in [0.4, 0.5) is 0 Å². The summed E-state index contributed by atoms with van der Waals surface area (Å²) in [5.41, 5.74) is 0.927. The van der Waals surface area contributed by atoms with E-state index < -0.39 is 0 Å². The smallest absolute Gasteiger partial charge is 0.233 e. The number of rotatable bonds is 0. The Bertz CT molecular complexity index is 396. The minimum atomic E-state index is -0.168. The molecule has 15 heavy (non-hydrogen) atoms. The Balaban J connectivity index is 1.95. The number of carbonyl (C=O) groups is 1. The van der Waals surface area contributed by atoms with E-state index in [9.17, 15) is 4.79 Å². The number of amides is 1. The number of hydrogen-bond acceptors (Lipinski definition) is 4. The van der Waals surface area contributed by atoms with Crippen molar-refractivity contribution < 1.29 is 4.79 Å². The molecule has 5 heteroatoms. The fraction of sp³-hybridized carbons (Fsp3) is 0.400. The van der Waals surface area contributed by atoms with Gasteiger partial charge in [0.15, 0.2) is 0 Å². The van der Waals surface area contributed by atoms with E-state index in [2.05, 4.69) is 20.9 Å². The van der Waals surface area contributed by atoms with Crippen molar-refractivity contribution in [3.63, 3.8) is 0 Å². The summed E-state index contributed by atoms with van der Waals surface area (Å²) in [6.07, 6.45) is 5.72. The molecule has 0 aromatic heterocycles. The van der Waals surface area contributed by atoms with Crippen molar-refractivity contribution in [3.05, 3.63) is 23.9 Å². The molecule has 2 heterocycles. The highest BCUT2D eigenvalue weighted by Gasteiger charge is 2.32. The van der Waals surface area contributed by atoms with Gasteiger partial charge >= 0.3 is 0 Å². The van der Waals surface area contributed by atoms with Gasteiger partial charge in [0.2, 0.25) is 5.91 Å². The molecule has 3 aliphatic rings. The van der Waals surface area contributed by atoms with Crippen LogP contribution >= 0.6 is 0 Å². The van der Waals surface area contributed by atoms with E-state index in [1.54, 1.807) is 0 Å². The van der Waals surface area contributed by atoms with Crippen molar-refractivity contribution in [2.45, 2.75) is 6.04 Å². The molecule has 0 spiro atoms. The summed E-state index contributed by atoms with van der Waals surface area (Å²) in [5, 5.41) is 9.32. The number of nitrogens with zero attached hydrogens (tertiary/aromatic N) is 1. The van der Waals surface area contributed by atoms with Gasteiger partial charge < -0.3 is 10.6 Å². The zero-order valence-corrected chi connectivity index (χ0v) is 8.16. The highest BCUT2D eigenvalue weighted by atomic mass is 16.2. The maximum absolute atomic E-state index is 11.8. The van der Waals surface area contributed by atoms with Crippen molar-refractivity contribution in [1.29, 1.82) is 0 Å². The fourth-order valence-corrected chi connectivity index (χ4v) is 2.04. The normalized spacial score (nSPS) is 32.9. The van der Waals surface area contributed by atoms with Gasteiger partial charge in [0.25, 0.3) is 0 Å². The third kappa shape index (κ3) is 1.35. The second kappa shape index (κ2) is 3.20. The van der Waals surface area contributed by atoms with E-state index in [1.165, 1.54) is 0 Å². The molecule has 0 radical (unpaired) electrons. The molecular formula is C10H12N4O. The lowest BCUT2D eigenvalue weighted by Gasteiger charge is -2.22. The quantitative estimate of drug-likeness (QED) is 0.479. The molecule has 0 bridgehead atoms. The van der Waals surface area contributed by atoms with Crippen LogP contribution in [0.25, 0.3) is 0 Å². The van der Waals surface area contributed by atoms with E-state index in [-0.39, 0.29) is 17.9 Å². The van der Waals surface area contributed by atoms with Crippen molar-refractivity contribution in [2.75, 3.05) is 13.2 Å². The minimum absolute atomic E-state index is 0.0221. The molecule has 1 saturated heterocycles. The Morgan fingerprint density at radius 3 is 3.33 bits per heavy atom. The lowest BCUT2D eigenvalue weighted by molar-refractivity contribution is -0.122. The first-order chi connectivity index (χ1) is 7.34. The van der Waals surface area contributed by atoms with E-state index in [1.807, 2.05) is 18.2 Å². The van der Waals surface area contributed by atoms with Crippen LogP contribution < -0.4 is 16.0 Å². The maximum Gasteiger partial charge on any atom is 0.233 e. The molecule has 3 rings (SSSR count). The van der Waals surface area contributed by atoms with E-state index in [0.717, 1.165) is 18.1 Å². The van der Waals surface area contributed by atoms with Crippen LogP contribution in [0, 0.1) is 5.92 Å². The highest BCUT2D eigenvalue weighted by Crippen LogP contribution is 2.20. The monoisotopic (exact) mass is 204 g/mol. The Morgan fingerprint density at radius 2 is 2.40 bits per heavy atom. The summed E-state index contributed by atoms with van der Waals surface area (Å²) in [7, 11) is 0. The Kier molecular flexibility index (Phi) is 1.85. The largest absolute Gasteiger partial charge is 0.345 e. The first kappa shape index (κ1) is 8.67. The van der Waals surface area contributed by atoms with Gasteiger partial charge in [-0.3, -0.25) is 15.1 Å². The predicted molar refractivity (Wildman–Crippen MR) is 56.1 cm³/mol. The van der Waals surface area contributed by atoms with E-state index in [4.69, 9.17) is 0 Å². The highest BCUT2D eigenvalue weighted by molar-refractivity contribution is 5.98. The van der Waals surface area contributed by atoms with Crippen LogP contribution in [0.3, 0.4) is 0 Å². The fourth-order valence-electron chi connectivity index (χ4n) is 2.04. The molecule has 1 amide bonds. The summed E-state index contributed by atoms with van der Waals surface area (Å²) in [6, 6.07) is -0.0221. The third-order valence-electron chi connectivity index (χ3n) is 2.83. The number of aliphatic imine (C=N–C) groups is 1. The van der Waals surface area contributed by atoms with Crippen LogP contribution in [0.2, 0.25) is 0 Å². The first-order valence-electron chi connectivity index (χ1n) is 5.05. The van der Waals surface area contributed by atoms with Gasteiger partial charge in [0.1, 0.15) is 5.84 Å². The second-order valence-electron chi connectivity index (χ2n) is 3.83. The predicted octanol–water partition coefficient (Wildman–Crippen LogP) is -0.896. The number of nitrogens with one attached hydrogen (secondary N) is 3. The zero-order chi connectivity index (χ0) is 10.3. The molecule has 0 aromatic rings. The van der Waals surface area contributed by atoms with E-state index in [0.29, 0.717) is 6.67 Å². The van der Waals surface area contributed by atoms with Crippen molar-refractivity contribution in [1.82, 2.24) is 16.0 Å².